The number of ether oxygens (including phenoxy) is 3. The van der Waals surface area contributed by atoms with Crippen LogP contribution in [0.25, 0.3) is 10.1 Å². The molecule has 1 aromatic heterocycles. The van der Waals surface area contributed by atoms with Crippen molar-refractivity contribution < 1.29 is 23.4 Å². The van der Waals surface area contributed by atoms with Gasteiger partial charge in [0.1, 0.15) is 5.82 Å². The van der Waals surface area contributed by atoms with Crippen LogP contribution < -0.4 is 0 Å². The number of hydrogen-bond acceptors (Lipinski definition) is 5. The Hall–Kier alpha value is -1.54. The van der Waals surface area contributed by atoms with Crippen LogP contribution in [0.2, 0.25) is 0 Å². The summed E-state index contributed by atoms with van der Waals surface area (Å²) in [4.78, 5) is 15.6. The fraction of sp³-hybridized carbons (Fsp3) is 0.526. The van der Waals surface area contributed by atoms with E-state index in [1.54, 1.807) is 13.2 Å². The molecule has 26 heavy (non-hydrogen) atoms. The Morgan fingerprint density at radius 1 is 1.38 bits per heavy atom. The monoisotopic (exact) mass is 379 g/mol. The molecule has 1 aromatic carbocycles. The minimum Gasteiger partial charge on any atom is -0.380 e. The Bertz CT molecular complexity index is 802. The fourth-order valence-electron chi connectivity index (χ4n) is 3.83. The Kier molecular flexibility index (Phi) is 5.22. The van der Waals surface area contributed by atoms with Gasteiger partial charge in [0.25, 0.3) is 5.91 Å². The lowest BCUT2D eigenvalue weighted by molar-refractivity contribution is -0.0969. The largest absolute Gasteiger partial charge is 0.380 e. The number of halogens is 1. The van der Waals surface area contributed by atoms with Gasteiger partial charge < -0.3 is 19.1 Å². The molecule has 7 heteroatoms. The van der Waals surface area contributed by atoms with Gasteiger partial charge in [0, 0.05) is 41.8 Å². The Morgan fingerprint density at radius 2 is 2.19 bits per heavy atom. The molecule has 0 saturated carbocycles. The van der Waals surface area contributed by atoms with Gasteiger partial charge in [-0.05, 0) is 25.0 Å². The number of likely N-dealkylation sites (tertiary alicyclic amines) is 1. The van der Waals surface area contributed by atoms with E-state index in [9.17, 15) is 9.18 Å². The highest BCUT2D eigenvalue weighted by molar-refractivity contribution is 7.21. The molecule has 1 unspecified atom stereocenters. The molecule has 2 fully saturated rings. The summed E-state index contributed by atoms with van der Waals surface area (Å²) in [7, 11) is 1.56. The van der Waals surface area contributed by atoms with Crippen molar-refractivity contribution in [3.63, 3.8) is 0 Å². The highest BCUT2D eigenvalue weighted by Crippen LogP contribution is 2.35. The summed E-state index contributed by atoms with van der Waals surface area (Å²) < 4.78 is 31.6. The third kappa shape index (κ3) is 3.24. The van der Waals surface area contributed by atoms with Crippen molar-refractivity contribution in [2.45, 2.75) is 25.7 Å². The summed E-state index contributed by atoms with van der Waals surface area (Å²) in [5, 5.41) is 0.499. The summed E-state index contributed by atoms with van der Waals surface area (Å²) in [5.41, 5.74) is 0.645. The van der Waals surface area contributed by atoms with Crippen molar-refractivity contribution in [1.82, 2.24) is 4.90 Å². The second-order valence-electron chi connectivity index (χ2n) is 6.72. The number of carbonyl (C=O) groups is 1. The first kappa shape index (κ1) is 17.9. The highest BCUT2D eigenvalue weighted by Gasteiger charge is 2.34. The first-order chi connectivity index (χ1) is 12.7. The van der Waals surface area contributed by atoms with E-state index in [2.05, 4.69) is 0 Å². The number of rotatable bonds is 4. The van der Waals surface area contributed by atoms with Gasteiger partial charge in [0.2, 0.25) is 0 Å². The van der Waals surface area contributed by atoms with Crippen LogP contribution >= 0.6 is 11.3 Å². The van der Waals surface area contributed by atoms with Gasteiger partial charge in [0.05, 0.1) is 24.7 Å². The van der Waals surface area contributed by atoms with Crippen LogP contribution in [-0.2, 0) is 20.8 Å². The molecule has 1 atom stereocenters. The van der Waals surface area contributed by atoms with E-state index in [0.717, 1.165) is 17.5 Å². The predicted molar refractivity (Wildman–Crippen MR) is 96.8 cm³/mol. The third-order valence-corrected chi connectivity index (χ3v) is 6.21. The van der Waals surface area contributed by atoms with Gasteiger partial charge in [-0.2, -0.15) is 0 Å². The van der Waals surface area contributed by atoms with Gasteiger partial charge in [-0.15, -0.1) is 11.3 Å². The van der Waals surface area contributed by atoms with E-state index in [1.807, 2.05) is 11.0 Å². The summed E-state index contributed by atoms with van der Waals surface area (Å²) >= 11 is 1.34. The molecule has 0 aliphatic carbocycles. The number of carbonyl (C=O) groups excluding carboxylic acids is 1. The van der Waals surface area contributed by atoms with Gasteiger partial charge >= 0.3 is 0 Å². The number of methoxy groups -OCH3 is 1. The van der Waals surface area contributed by atoms with Crippen LogP contribution in [0.5, 0.6) is 0 Å². The molecule has 5 nitrogen and oxygen atoms in total. The zero-order chi connectivity index (χ0) is 18.1. The van der Waals surface area contributed by atoms with Crippen molar-refractivity contribution in [3.05, 3.63) is 34.5 Å². The number of benzene rings is 1. The molecule has 0 N–H and O–H groups in total. The van der Waals surface area contributed by atoms with Crippen LogP contribution in [0.15, 0.2) is 18.2 Å². The summed E-state index contributed by atoms with van der Waals surface area (Å²) in [6.45, 7) is 2.75. The Balaban J connectivity index is 1.63. The van der Waals surface area contributed by atoms with Crippen LogP contribution in [0.3, 0.4) is 0 Å². The Morgan fingerprint density at radius 3 is 2.96 bits per heavy atom. The quantitative estimate of drug-likeness (QED) is 0.817. The minimum absolute atomic E-state index is 0.0552. The molecule has 0 radical (unpaired) electrons. The summed E-state index contributed by atoms with van der Waals surface area (Å²) in [6.07, 6.45) is 1.68. The summed E-state index contributed by atoms with van der Waals surface area (Å²) in [5.74, 6) is -0.179. The van der Waals surface area contributed by atoms with Crippen molar-refractivity contribution in [3.8, 4) is 0 Å². The van der Waals surface area contributed by atoms with Crippen molar-refractivity contribution >= 4 is 27.3 Å². The first-order valence-corrected chi connectivity index (χ1v) is 9.72. The zero-order valence-corrected chi connectivity index (χ0v) is 15.5. The molecule has 0 spiro atoms. The molecule has 2 saturated heterocycles. The average molecular weight is 379 g/mol. The normalized spacial score (nSPS) is 21.6. The van der Waals surface area contributed by atoms with Gasteiger partial charge in [0.15, 0.2) is 6.29 Å². The Labute approximate surface area is 155 Å². The average Bonchev–Trinajstić information content (AvgIpc) is 3.31. The van der Waals surface area contributed by atoms with E-state index < -0.39 is 0 Å². The molecule has 4 rings (SSSR count). The second-order valence-corrected chi connectivity index (χ2v) is 7.77. The van der Waals surface area contributed by atoms with Gasteiger partial charge in [-0.1, -0.05) is 6.07 Å². The maximum atomic E-state index is 14.3. The number of amides is 1. The molecule has 0 bridgehead atoms. The van der Waals surface area contributed by atoms with E-state index in [4.69, 9.17) is 14.2 Å². The molecular weight excluding hydrogens is 357 g/mol. The lowest BCUT2D eigenvalue weighted by atomic mass is 9.97. The van der Waals surface area contributed by atoms with E-state index in [0.29, 0.717) is 42.1 Å². The van der Waals surface area contributed by atoms with Crippen LogP contribution in [0, 0.1) is 11.7 Å². The maximum Gasteiger partial charge on any atom is 0.264 e. The molecular formula is C19H22FNO4S. The maximum absolute atomic E-state index is 14.3. The predicted octanol–water partition coefficient (Wildman–Crippen LogP) is 3.41. The molecule has 3 heterocycles. The smallest absolute Gasteiger partial charge is 0.264 e. The summed E-state index contributed by atoms with van der Waals surface area (Å²) in [6, 6.07) is 4.94. The molecule has 2 aliphatic heterocycles. The molecule has 2 aliphatic rings. The number of thiophene rings is 1. The lowest BCUT2D eigenvalue weighted by Gasteiger charge is -2.34. The SMILES string of the molecule is COCc1c(C(=O)N2CCCC(C3OCCO3)C2)sc2cccc(F)c12. The van der Waals surface area contributed by atoms with Gasteiger partial charge in [-0.3, -0.25) is 4.79 Å². The van der Waals surface area contributed by atoms with Crippen LogP contribution in [0.4, 0.5) is 4.39 Å². The lowest BCUT2D eigenvalue weighted by Crippen LogP contribution is -2.43. The van der Waals surface area contributed by atoms with Crippen molar-refractivity contribution in [1.29, 1.82) is 0 Å². The highest BCUT2D eigenvalue weighted by atomic mass is 32.1. The molecule has 140 valence electrons. The standard InChI is InChI=1S/C19H22FNO4S/c1-23-11-13-16-14(20)5-2-6-15(16)26-17(13)18(22)21-7-3-4-12(10-21)19-24-8-9-25-19/h2,5-6,12,19H,3-4,7-11H2,1H3. The fourth-order valence-corrected chi connectivity index (χ4v) is 5.02. The van der Waals surface area contributed by atoms with Crippen LogP contribution in [-0.4, -0.2) is 50.5 Å². The molecule has 2 aromatic rings. The van der Waals surface area contributed by atoms with Crippen molar-refractivity contribution in [2.75, 3.05) is 33.4 Å². The number of piperidine rings is 1. The third-order valence-electron chi connectivity index (χ3n) is 5.02. The molecule has 1 amide bonds. The van der Waals surface area contributed by atoms with Crippen molar-refractivity contribution in [2.24, 2.45) is 5.92 Å². The van der Waals surface area contributed by atoms with E-state index in [-0.39, 0.29) is 30.5 Å². The zero-order valence-electron chi connectivity index (χ0n) is 14.7. The number of hydrogen-bond donors (Lipinski definition) is 0. The van der Waals surface area contributed by atoms with Crippen LogP contribution in [0.1, 0.15) is 28.1 Å². The van der Waals surface area contributed by atoms with E-state index in [1.165, 1.54) is 17.4 Å². The first-order valence-electron chi connectivity index (χ1n) is 8.90. The number of fused-ring (bicyclic) bond motifs is 1. The van der Waals surface area contributed by atoms with Gasteiger partial charge in [-0.25, -0.2) is 4.39 Å². The number of nitrogens with zero attached hydrogens (tertiary/aromatic N) is 1. The minimum atomic E-state index is -0.311. The topological polar surface area (TPSA) is 48.0 Å². The van der Waals surface area contributed by atoms with E-state index >= 15 is 0 Å². The second kappa shape index (κ2) is 7.60.